The second-order valence-electron chi connectivity index (χ2n) is 5.70. The van der Waals surface area contributed by atoms with E-state index < -0.39 is 10.2 Å². The zero-order chi connectivity index (χ0) is 17.9. The van der Waals surface area contributed by atoms with Gasteiger partial charge in [-0.25, -0.2) is 0 Å². The fourth-order valence-corrected chi connectivity index (χ4v) is 4.55. The number of nitrogens with zero attached hydrogens (tertiary/aromatic N) is 7. The molecule has 1 saturated heterocycles. The van der Waals surface area contributed by atoms with Gasteiger partial charge in [0.2, 0.25) is 5.95 Å². The second-order valence-corrected chi connectivity index (χ2v) is 7.63. The van der Waals surface area contributed by atoms with Crippen molar-refractivity contribution < 1.29 is 8.42 Å². The monoisotopic (exact) mass is 365 g/mol. The van der Waals surface area contributed by atoms with Crippen LogP contribution in [0.1, 0.15) is 13.8 Å². The lowest BCUT2D eigenvalue weighted by Gasteiger charge is -2.36. The van der Waals surface area contributed by atoms with Crippen molar-refractivity contribution in [3.8, 4) is 5.69 Å². The van der Waals surface area contributed by atoms with E-state index in [1.54, 1.807) is 4.68 Å². The van der Waals surface area contributed by atoms with Crippen molar-refractivity contribution in [2.45, 2.75) is 13.8 Å². The van der Waals surface area contributed by atoms with Gasteiger partial charge in [0.1, 0.15) is 0 Å². The molecule has 2 heterocycles. The molecule has 1 aliphatic heterocycles. The first-order chi connectivity index (χ1) is 12.1. The summed E-state index contributed by atoms with van der Waals surface area (Å²) in [5, 5.41) is 12.0. The number of benzene rings is 1. The molecular weight excluding hydrogens is 342 g/mol. The maximum Gasteiger partial charge on any atom is 0.282 e. The number of aromatic nitrogens is 4. The van der Waals surface area contributed by atoms with Crippen molar-refractivity contribution in [1.82, 2.24) is 28.8 Å². The Morgan fingerprint density at radius 3 is 2.28 bits per heavy atom. The van der Waals surface area contributed by atoms with Crippen LogP contribution in [0.25, 0.3) is 5.69 Å². The van der Waals surface area contributed by atoms with E-state index in [0.717, 1.165) is 5.69 Å². The molecule has 0 unspecified atom stereocenters. The van der Waals surface area contributed by atoms with E-state index in [4.69, 9.17) is 0 Å². The molecule has 0 saturated carbocycles. The predicted molar refractivity (Wildman–Crippen MR) is 94.8 cm³/mol. The van der Waals surface area contributed by atoms with E-state index in [1.165, 1.54) is 8.61 Å². The fourth-order valence-electron chi connectivity index (χ4n) is 2.95. The van der Waals surface area contributed by atoms with Gasteiger partial charge in [-0.05, 0) is 22.6 Å². The number of piperazine rings is 1. The Kier molecular flexibility index (Phi) is 5.30. The van der Waals surface area contributed by atoms with Gasteiger partial charge in [-0.15, -0.1) is 0 Å². The van der Waals surface area contributed by atoms with Crippen LogP contribution in [0.15, 0.2) is 30.3 Å². The largest absolute Gasteiger partial charge is 0.337 e. The van der Waals surface area contributed by atoms with Gasteiger partial charge in [-0.1, -0.05) is 37.1 Å². The van der Waals surface area contributed by atoms with Crippen LogP contribution in [0, 0.1) is 0 Å². The summed E-state index contributed by atoms with van der Waals surface area (Å²) >= 11 is 0. The maximum atomic E-state index is 12.6. The lowest BCUT2D eigenvalue weighted by atomic mass is 10.3. The van der Waals surface area contributed by atoms with Crippen LogP contribution in [0.5, 0.6) is 0 Å². The summed E-state index contributed by atoms with van der Waals surface area (Å²) < 4.78 is 29.9. The first kappa shape index (κ1) is 17.8. The highest BCUT2D eigenvalue weighted by atomic mass is 32.2. The van der Waals surface area contributed by atoms with Gasteiger partial charge in [0.15, 0.2) is 0 Å². The number of hydrogen-bond donors (Lipinski definition) is 0. The number of rotatable bonds is 6. The first-order valence-corrected chi connectivity index (χ1v) is 9.81. The zero-order valence-corrected chi connectivity index (χ0v) is 15.3. The molecule has 3 rings (SSSR count). The van der Waals surface area contributed by atoms with Gasteiger partial charge in [-0.2, -0.15) is 21.7 Å². The Hall–Kier alpha value is -2.04. The van der Waals surface area contributed by atoms with Crippen LogP contribution >= 0.6 is 0 Å². The minimum absolute atomic E-state index is 0.417. The molecule has 1 aliphatic rings. The molecule has 0 bridgehead atoms. The number of tetrazole rings is 1. The van der Waals surface area contributed by atoms with E-state index in [1.807, 2.05) is 49.1 Å². The Morgan fingerprint density at radius 1 is 1.04 bits per heavy atom. The van der Waals surface area contributed by atoms with Gasteiger partial charge >= 0.3 is 0 Å². The van der Waals surface area contributed by atoms with Gasteiger partial charge < -0.3 is 4.90 Å². The summed E-state index contributed by atoms with van der Waals surface area (Å²) in [4.78, 5) is 2.02. The third kappa shape index (κ3) is 3.51. The van der Waals surface area contributed by atoms with Gasteiger partial charge in [0.05, 0.1) is 5.69 Å². The average Bonchev–Trinajstić information content (AvgIpc) is 3.13. The third-order valence-electron chi connectivity index (χ3n) is 4.33. The molecule has 0 aliphatic carbocycles. The van der Waals surface area contributed by atoms with E-state index in [2.05, 4.69) is 15.5 Å². The molecule has 2 aromatic rings. The van der Waals surface area contributed by atoms with E-state index in [9.17, 15) is 8.42 Å². The van der Waals surface area contributed by atoms with Crippen LogP contribution in [0.2, 0.25) is 0 Å². The standard InChI is InChI=1S/C15H23N7O2S/c1-3-20(4-2)25(23,24)21-12-10-19(11-13-21)15-16-17-18-22(15)14-8-6-5-7-9-14/h5-9H,3-4,10-13H2,1-2H3. The fraction of sp³-hybridized carbons (Fsp3) is 0.533. The number of para-hydroxylation sites is 1. The Balaban J connectivity index is 1.73. The predicted octanol–water partition coefficient (Wildman–Crippen LogP) is 0.371. The molecule has 0 spiro atoms. The molecule has 0 amide bonds. The lowest BCUT2D eigenvalue weighted by Crippen LogP contribution is -2.53. The molecular formula is C15H23N7O2S. The van der Waals surface area contributed by atoms with Gasteiger partial charge in [-0.3, -0.25) is 0 Å². The summed E-state index contributed by atoms with van der Waals surface area (Å²) in [5.74, 6) is 0.631. The quantitative estimate of drug-likeness (QED) is 0.735. The lowest BCUT2D eigenvalue weighted by molar-refractivity contribution is 0.332. The normalized spacial score (nSPS) is 16.5. The number of hydrogen-bond acceptors (Lipinski definition) is 6. The Labute approximate surface area is 148 Å². The molecule has 1 aromatic carbocycles. The molecule has 136 valence electrons. The van der Waals surface area contributed by atoms with E-state index in [0.29, 0.717) is 45.2 Å². The van der Waals surface area contributed by atoms with Crippen LogP contribution < -0.4 is 4.90 Å². The van der Waals surface area contributed by atoms with Gasteiger partial charge in [0.25, 0.3) is 10.2 Å². The Bertz CT molecular complexity index is 781. The molecule has 0 atom stereocenters. The summed E-state index contributed by atoms with van der Waals surface area (Å²) in [6.45, 7) is 6.59. The molecule has 25 heavy (non-hydrogen) atoms. The summed E-state index contributed by atoms with van der Waals surface area (Å²) in [7, 11) is -3.40. The average molecular weight is 365 g/mol. The Morgan fingerprint density at radius 2 is 1.68 bits per heavy atom. The minimum Gasteiger partial charge on any atom is -0.337 e. The van der Waals surface area contributed by atoms with Crippen LogP contribution in [-0.4, -0.2) is 76.5 Å². The molecule has 1 fully saturated rings. The summed E-state index contributed by atoms with van der Waals surface area (Å²) in [6, 6.07) is 9.65. The van der Waals surface area contributed by atoms with Crippen molar-refractivity contribution >= 4 is 16.2 Å². The minimum atomic E-state index is -3.40. The molecule has 1 aromatic heterocycles. The summed E-state index contributed by atoms with van der Waals surface area (Å²) in [6.07, 6.45) is 0. The molecule has 0 radical (unpaired) electrons. The topological polar surface area (TPSA) is 87.5 Å². The highest BCUT2D eigenvalue weighted by Crippen LogP contribution is 2.19. The van der Waals surface area contributed by atoms with Crippen LogP contribution in [0.4, 0.5) is 5.95 Å². The molecule has 10 heteroatoms. The SMILES string of the molecule is CCN(CC)S(=O)(=O)N1CCN(c2nnnn2-c2ccccc2)CC1. The highest BCUT2D eigenvalue weighted by Gasteiger charge is 2.32. The van der Waals surface area contributed by atoms with Crippen molar-refractivity contribution in [2.75, 3.05) is 44.2 Å². The van der Waals surface area contributed by atoms with Crippen molar-refractivity contribution in [3.05, 3.63) is 30.3 Å². The van der Waals surface area contributed by atoms with Crippen molar-refractivity contribution in [3.63, 3.8) is 0 Å². The third-order valence-corrected chi connectivity index (χ3v) is 6.52. The van der Waals surface area contributed by atoms with E-state index >= 15 is 0 Å². The first-order valence-electron chi connectivity index (χ1n) is 8.42. The van der Waals surface area contributed by atoms with Gasteiger partial charge in [0, 0.05) is 39.3 Å². The zero-order valence-electron chi connectivity index (χ0n) is 14.5. The smallest absolute Gasteiger partial charge is 0.282 e. The number of anilines is 1. The van der Waals surface area contributed by atoms with Crippen molar-refractivity contribution in [2.24, 2.45) is 0 Å². The highest BCUT2D eigenvalue weighted by molar-refractivity contribution is 7.86. The van der Waals surface area contributed by atoms with Crippen LogP contribution in [0.3, 0.4) is 0 Å². The van der Waals surface area contributed by atoms with Crippen molar-refractivity contribution in [1.29, 1.82) is 0 Å². The summed E-state index contributed by atoms with van der Waals surface area (Å²) in [5.41, 5.74) is 0.876. The molecule has 0 N–H and O–H groups in total. The van der Waals surface area contributed by atoms with E-state index in [-0.39, 0.29) is 0 Å². The second kappa shape index (κ2) is 7.46. The maximum absolute atomic E-state index is 12.6. The molecule has 9 nitrogen and oxygen atoms in total. The van der Waals surface area contributed by atoms with Crippen LogP contribution in [-0.2, 0) is 10.2 Å².